The van der Waals surface area contributed by atoms with Crippen molar-refractivity contribution in [3.05, 3.63) is 88.5 Å². The molecule has 26 heavy (non-hydrogen) atoms. The highest BCUT2D eigenvalue weighted by Crippen LogP contribution is 2.35. The SMILES string of the molecule is Cc1cc(C)c(C(=O)c2c(OP=O)cccc2-c2ccccc2)c(C)c1. The van der Waals surface area contributed by atoms with E-state index in [1.807, 2.05) is 69.3 Å². The highest BCUT2D eigenvalue weighted by atomic mass is 31.1. The van der Waals surface area contributed by atoms with Crippen molar-refractivity contribution in [1.82, 2.24) is 0 Å². The van der Waals surface area contributed by atoms with Crippen LogP contribution in [-0.2, 0) is 4.57 Å². The predicted molar refractivity (Wildman–Crippen MR) is 104 cm³/mol. The second-order valence-electron chi connectivity index (χ2n) is 6.31. The standard InChI is InChI=1S/C22H19O3P/c1-14-12-15(2)20(16(3)13-14)22(23)21-18(17-8-5-4-6-9-17)10-7-11-19(21)25-26-24/h4-13H,1-3H3. The number of carbonyl (C=O) groups excluding carboxylic acids is 1. The van der Waals surface area contributed by atoms with Crippen molar-refractivity contribution in [2.24, 2.45) is 0 Å². The Kier molecular flexibility index (Phi) is 5.29. The summed E-state index contributed by atoms with van der Waals surface area (Å²) >= 11 is 0. The smallest absolute Gasteiger partial charge is 0.395 e. The van der Waals surface area contributed by atoms with Crippen LogP contribution in [0.4, 0.5) is 0 Å². The number of rotatable bonds is 5. The van der Waals surface area contributed by atoms with Gasteiger partial charge >= 0.3 is 8.69 Å². The van der Waals surface area contributed by atoms with Gasteiger partial charge in [-0.25, -0.2) is 4.57 Å². The first-order valence-electron chi connectivity index (χ1n) is 8.33. The van der Waals surface area contributed by atoms with Gasteiger partial charge in [-0.1, -0.05) is 60.2 Å². The van der Waals surface area contributed by atoms with Crippen LogP contribution in [0.25, 0.3) is 11.1 Å². The first kappa shape index (κ1) is 18.0. The van der Waals surface area contributed by atoms with Crippen molar-refractivity contribution in [3.8, 4) is 16.9 Å². The lowest BCUT2D eigenvalue weighted by molar-refractivity contribution is 0.103. The molecule has 3 aromatic rings. The molecule has 3 rings (SSSR count). The van der Waals surface area contributed by atoms with E-state index in [1.54, 1.807) is 12.1 Å². The Balaban J connectivity index is 2.26. The Labute approximate surface area is 154 Å². The van der Waals surface area contributed by atoms with E-state index in [1.165, 1.54) is 0 Å². The van der Waals surface area contributed by atoms with Crippen LogP contribution in [-0.4, -0.2) is 5.78 Å². The van der Waals surface area contributed by atoms with Crippen LogP contribution < -0.4 is 4.52 Å². The summed E-state index contributed by atoms with van der Waals surface area (Å²) in [7, 11) is -0.490. The van der Waals surface area contributed by atoms with Gasteiger partial charge in [0.1, 0.15) is 5.75 Å². The van der Waals surface area contributed by atoms with Crippen molar-refractivity contribution in [2.45, 2.75) is 20.8 Å². The third-order valence-corrected chi connectivity index (χ3v) is 4.65. The number of hydrogen-bond acceptors (Lipinski definition) is 3. The van der Waals surface area contributed by atoms with Crippen molar-refractivity contribution < 1.29 is 13.9 Å². The number of aryl methyl sites for hydroxylation is 3. The summed E-state index contributed by atoms with van der Waals surface area (Å²) in [5.41, 5.74) is 5.70. The molecule has 0 saturated carbocycles. The molecule has 0 amide bonds. The van der Waals surface area contributed by atoms with E-state index in [0.29, 0.717) is 16.9 Å². The van der Waals surface area contributed by atoms with E-state index < -0.39 is 8.69 Å². The van der Waals surface area contributed by atoms with Gasteiger partial charge in [-0.2, -0.15) is 0 Å². The average Bonchev–Trinajstić information content (AvgIpc) is 2.61. The van der Waals surface area contributed by atoms with Gasteiger partial charge in [-0.05, 0) is 49.1 Å². The lowest BCUT2D eigenvalue weighted by Crippen LogP contribution is -2.09. The molecule has 0 spiro atoms. The second-order valence-corrected chi connectivity index (χ2v) is 6.65. The van der Waals surface area contributed by atoms with Gasteiger partial charge in [-0.15, -0.1) is 0 Å². The van der Waals surface area contributed by atoms with Crippen molar-refractivity contribution in [2.75, 3.05) is 0 Å². The van der Waals surface area contributed by atoms with E-state index in [0.717, 1.165) is 27.8 Å². The Morgan fingerprint density at radius 1 is 0.846 bits per heavy atom. The molecule has 0 unspecified atom stereocenters. The van der Waals surface area contributed by atoms with Gasteiger partial charge < -0.3 is 4.52 Å². The summed E-state index contributed by atoms with van der Waals surface area (Å²) in [6.07, 6.45) is 0. The van der Waals surface area contributed by atoms with Crippen molar-refractivity contribution >= 4 is 14.5 Å². The summed E-state index contributed by atoms with van der Waals surface area (Å²) in [5, 5.41) is 0. The zero-order valence-electron chi connectivity index (χ0n) is 14.9. The van der Waals surface area contributed by atoms with Crippen LogP contribution in [0.3, 0.4) is 0 Å². The van der Waals surface area contributed by atoms with Gasteiger partial charge in [0.2, 0.25) is 0 Å². The molecule has 3 nitrogen and oxygen atoms in total. The second kappa shape index (κ2) is 7.63. The summed E-state index contributed by atoms with van der Waals surface area (Å²) in [6.45, 7) is 5.88. The topological polar surface area (TPSA) is 43.4 Å². The van der Waals surface area contributed by atoms with Gasteiger partial charge in [0, 0.05) is 5.56 Å². The molecule has 0 aromatic heterocycles. The molecule has 0 radical (unpaired) electrons. The van der Waals surface area contributed by atoms with Gasteiger partial charge in [0.15, 0.2) is 5.78 Å². The van der Waals surface area contributed by atoms with Crippen LogP contribution in [0.5, 0.6) is 5.75 Å². The first-order chi connectivity index (χ1) is 12.5. The maximum atomic E-state index is 13.5. The van der Waals surface area contributed by atoms with E-state index in [-0.39, 0.29) is 5.78 Å². The molecule has 0 aliphatic heterocycles. The lowest BCUT2D eigenvalue weighted by atomic mass is 9.88. The largest absolute Gasteiger partial charge is 0.407 e. The zero-order valence-corrected chi connectivity index (χ0v) is 15.8. The molecule has 0 N–H and O–H groups in total. The maximum Gasteiger partial charge on any atom is 0.395 e. The lowest BCUT2D eigenvalue weighted by Gasteiger charge is -2.16. The Hall–Kier alpha value is -2.77. The third kappa shape index (κ3) is 3.44. The minimum absolute atomic E-state index is 0.127. The minimum atomic E-state index is -0.490. The molecular formula is C22H19O3P. The van der Waals surface area contributed by atoms with E-state index in [9.17, 15) is 9.36 Å². The minimum Gasteiger partial charge on any atom is -0.407 e. The van der Waals surface area contributed by atoms with Crippen LogP contribution >= 0.6 is 8.69 Å². The highest BCUT2D eigenvalue weighted by Gasteiger charge is 2.23. The van der Waals surface area contributed by atoms with E-state index in [2.05, 4.69) is 0 Å². The fourth-order valence-corrected chi connectivity index (χ4v) is 3.64. The number of benzene rings is 3. The van der Waals surface area contributed by atoms with Gasteiger partial charge in [-0.3, -0.25) is 4.79 Å². The number of ketones is 1. The fraction of sp³-hybridized carbons (Fsp3) is 0.136. The molecule has 0 atom stereocenters. The molecule has 0 heterocycles. The Morgan fingerprint density at radius 2 is 1.50 bits per heavy atom. The summed E-state index contributed by atoms with van der Waals surface area (Å²) in [5.74, 6) is 0.186. The van der Waals surface area contributed by atoms with Crippen LogP contribution in [0, 0.1) is 20.8 Å². The third-order valence-electron chi connectivity index (χ3n) is 4.38. The molecule has 3 aromatic carbocycles. The van der Waals surface area contributed by atoms with Crippen LogP contribution in [0.2, 0.25) is 0 Å². The molecule has 0 saturated heterocycles. The predicted octanol–water partition coefficient (Wildman–Crippen LogP) is 6.10. The molecule has 4 heteroatoms. The number of carbonyl (C=O) groups is 1. The monoisotopic (exact) mass is 362 g/mol. The molecule has 0 aliphatic rings. The average molecular weight is 362 g/mol. The van der Waals surface area contributed by atoms with Gasteiger partial charge in [0.25, 0.3) is 0 Å². The van der Waals surface area contributed by atoms with Crippen molar-refractivity contribution in [1.29, 1.82) is 0 Å². The fourth-order valence-electron chi connectivity index (χ4n) is 3.40. The quantitative estimate of drug-likeness (QED) is 0.407. The van der Waals surface area contributed by atoms with Crippen molar-refractivity contribution in [3.63, 3.8) is 0 Å². The van der Waals surface area contributed by atoms with Gasteiger partial charge in [0.05, 0.1) is 5.56 Å². The molecule has 0 aliphatic carbocycles. The Bertz CT molecular complexity index is 955. The molecule has 0 fully saturated rings. The first-order valence-corrected chi connectivity index (χ1v) is 9.06. The van der Waals surface area contributed by atoms with E-state index in [4.69, 9.17) is 4.52 Å². The molecular weight excluding hydrogens is 343 g/mol. The Morgan fingerprint density at radius 3 is 2.12 bits per heavy atom. The summed E-state index contributed by atoms with van der Waals surface area (Å²) in [6, 6.07) is 19.0. The summed E-state index contributed by atoms with van der Waals surface area (Å²) < 4.78 is 16.3. The van der Waals surface area contributed by atoms with E-state index >= 15 is 0 Å². The summed E-state index contributed by atoms with van der Waals surface area (Å²) in [4.78, 5) is 13.5. The molecule has 130 valence electrons. The number of hydrogen-bond donors (Lipinski definition) is 0. The van der Waals surface area contributed by atoms with Crippen LogP contribution in [0.1, 0.15) is 32.6 Å². The highest BCUT2D eigenvalue weighted by molar-refractivity contribution is 7.17. The zero-order chi connectivity index (χ0) is 18.7. The van der Waals surface area contributed by atoms with Crippen LogP contribution in [0.15, 0.2) is 60.7 Å². The normalized spacial score (nSPS) is 10.7. The molecule has 0 bridgehead atoms. The maximum absolute atomic E-state index is 13.5.